The van der Waals surface area contributed by atoms with Crippen LogP contribution in [0.1, 0.15) is 31.9 Å². The number of hydrogen-bond donors (Lipinski definition) is 2. The van der Waals surface area contributed by atoms with Crippen LogP contribution in [0.3, 0.4) is 0 Å². The van der Waals surface area contributed by atoms with Crippen LogP contribution in [0.4, 0.5) is 4.79 Å². The standard InChI is InChI=1S/C16H24N4O2/c1-16(2,3)22-15(21)19-10-9-12-5-7-13(8-6-12)14(17)20-11-18-4/h5-8,11H,9-10H2,1-4H3,(H,19,21)(H2,17,18,20). The lowest BCUT2D eigenvalue weighted by atomic mass is 10.1. The molecule has 3 N–H and O–H groups in total. The van der Waals surface area contributed by atoms with Crippen molar-refractivity contribution in [3.05, 3.63) is 35.4 Å². The number of rotatable bonds is 5. The van der Waals surface area contributed by atoms with E-state index in [0.29, 0.717) is 18.8 Å². The van der Waals surface area contributed by atoms with Gasteiger partial charge in [0.2, 0.25) is 0 Å². The Hall–Kier alpha value is -2.37. The Labute approximate surface area is 131 Å². The van der Waals surface area contributed by atoms with Crippen molar-refractivity contribution in [2.45, 2.75) is 32.8 Å². The van der Waals surface area contributed by atoms with E-state index in [1.54, 1.807) is 7.05 Å². The van der Waals surface area contributed by atoms with Crippen molar-refractivity contribution in [1.29, 1.82) is 0 Å². The third kappa shape index (κ3) is 6.88. The zero-order chi connectivity index (χ0) is 16.6. The van der Waals surface area contributed by atoms with Crippen LogP contribution < -0.4 is 11.1 Å². The highest BCUT2D eigenvalue weighted by Crippen LogP contribution is 2.07. The van der Waals surface area contributed by atoms with Gasteiger partial charge in [0.1, 0.15) is 17.8 Å². The highest BCUT2D eigenvalue weighted by Gasteiger charge is 2.15. The molecule has 22 heavy (non-hydrogen) atoms. The maximum absolute atomic E-state index is 11.5. The molecule has 1 amide bonds. The van der Waals surface area contributed by atoms with Gasteiger partial charge in [-0.05, 0) is 32.8 Å². The summed E-state index contributed by atoms with van der Waals surface area (Å²) in [5, 5.41) is 2.73. The summed E-state index contributed by atoms with van der Waals surface area (Å²) < 4.78 is 5.17. The number of nitrogens with zero attached hydrogens (tertiary/aromatic N) is 2. The topological polar surface area (TPSA) is 89.1 Å². The number of carbonyl (C=O) groups excluding carboxylic acids is 1. The van der Waals surface area contributed by atoms with Crippen LogP contribution in [-0.2, 0) is 11.2 Å². The van der Waals surface area contributed by atoms with Crippen LogP contribution in [-0.4, -0.2) is 37.5 Å². The van der Waals surface area contributed by atoms with Gasteiger partial charge >= 0.3 is 6.09 Å². The molecule has 0 bridgehead atoms. The van der Waals surface area contributed by atoms with Gasteiger partial charge in [-0.3, -0.25) is 4.99 Å². The van der Waals surface area contributed by atoms with E-state index in [0.717, 1.165) is 11.1 Å². The minimum Gasteiger partial charge on any atom is -0.444 e. The molecule has 0 aliphatic heterocycles. The zero-order valence-electron chi connectivity index (χ0n) is 13.6. The van der Waals surface area contributed by atoms with Crippen LogP contribution in [0.25, 0.3) is 0 Å². The maximum Gasteiger partial charge on any atom is 0.407 e. The molecule has 0 saturated heterocycles. The molecular weight excluding hydrogens is 280 g/mol. The molecule has 1 aromatic carbocycles. The van der Waals surface area contributed by atoms with Crippen molar-refractivity contribution in [2.75, 3.05) is 13.6 Å². The lowest BCUT2D eigenvalue weighted by Gasteiger charge is -2.19. The summed E-state index contributed by atoms with van der Waals surface area (Å²) in [6.45, 7) is 6.02. The number of nitrogens with one attached hydrogen (secondary N) is 1. The molecule has 1 aromatic rings. The predicted octanol–water partition coefficient (Wildman–Crippen LogP) is 2.12. The number of alkyl carbamates (subject to hydrolysis) is 1. The maximum atomic E-state index is 11.5. The summed E-state index contributed by atoms with van der Waals surface area (Å²) in [5.74, 6) is 0.420. The first-order valence-corrected chi connectivity index (χ1v) is 7.12. The van der Waals surface area contributed by atoms with E-state index in [-0.39, 0.29) is 0 Å². The molecule has 0 heterocycles. The first kappa shape index (κ1) is 17.7. The predicted molar refractivity (Wildman–Crippen MR) is 89.5 cm³/mol. The summed E-state index contributed by atoms with van der Waals surface area (Å²) in [5.41, 5.74) is 7.26. The second kappa shape index (κ2) is 8.17. The van der Waals surface area contributed by atoms with Gasteiger partial charge < -0.3 is 15.8 Å². The Balaban J connectivity index is 2.47. The molecular formula is C16H24N4O2. The first-order valence-electron chi connectivity index (χ1n) is 7.12. The third-order valence-electron chi connectivity index (χ3n) is 2.64. The molecule has 0 atom stereocenters. The summed E-state index contributed by atoms with van der Waals surface area (Å²) in [6, 6.07) is 7.70. The van der Waals surface area contributed by atoms with Gasteiger partial charge in [-0.25, -0.2) is 9.79 Å². The molecule has 0 saturated carbocycles. The van der Waals surface area contributed by atoms with Gasteiger partial charge in [-0.1, -0.05) is 24.3 Å². The molecule has 0 aliphatic carbocycles. The molecule has 6 heteroatoms. The fraction of sp³-hybridized carbons (Fsp3) is 0.438. The van der Waals surface area contributed by atoms with E-state index in [1.807, 2.05) is 45.0 Å². The number of carbonyl (C=O) groups is 1. The van der Waals surface area contributed by atoms with Crippen molar-refractivity contribution in [2.24, 2.45) is 15.7 Å². The molecule has 0 spiro atoms. The van der Waals surface area contributed by atoms with Crippen LogP contribution in [0, 0.1) is 0 Å². The quantitative estimate of drug-likeness (QED) is 0.645. The average Bonchev–Trinajstić information content (AvgIpc) is 2.43. The number of amidine groups is 1. The Morgan fingerprint density at radius 3 is 2.50 bits per heavy atom. The molecule has 120 valence electrons. The number of hydrogen-bond acceptors (Lipinski definition) is 3. The minimum absolute atomic E-state index is 0.403. The molecule has 0 fully saturated rings. The van der Waals surface area contributed by atoms with Gasteiger partial charge in [0.15, 0.2) is 0 Å². The van der Waals surface area contributed by atoms with Crippen molar-refractivity contribution in [1.82, 2.24) is 5.32 Å². The van der Waals surface area contributed by atoms with E-state index in [1.165, 1.54) is 6.34 Å². The summed E-state index contributed by atoms with van der Waals surface area (Å²) >= 11 is 0. The van der Waals surface area contributed by atoms with Crippen molar-refractivity contribution >= 4 is 18.3 Å². The number of aliphatic imine (C=N–C) groups is 2. The molecule has 0 aliphatic rings. The van der Waals surface area contributed by atoms with Crippen molar-refractivity contribution < 1.29 is 9.53 Å². The zero-order valence-corrected chi connectivity index (χ0v) is 13.6. The summed E-state index contributed by atoms with van der Waals surface area (Å²) in [4.78, 5) is 19.3. The lowest BCUT2D eigenvalue weighted by Crippen LogP contribution is -2.33. The monoisotopic (exact) mass is 304 g/mol. The number of nitrogens with two attached hydrogens (primary N) is 1. The second-order valence-corrected chi connectivity index (χ2v) is 5.76. The average molecular weight is 304 g/mol. The SMILES string of the molecule is CN=CN=C(N)c1ccc(CCNC(=O)OC(C)(C)C)cc1. The Morgan fingerprint density at radius 1 is 1.32 bits per heavy atom. The van der Waals surface area contributed by atoms with Gasteiger partial charge in [0, 0.05) is 19.2 Å². The van der Waals surface area contributed by atoms with Crippen LogP contribution in [0.2, 0.25) is 0 Å². The highest BCUT2D eigenvalue weighted by molar-refractivity contribution is 6.01. The summed E-state index contributed by atoms with van der Waals surface area (Å²) in [6.07, 6.45) is 1.72. The normalized spacial score (nSPS) is 12.5. The van der Waals surface area contributed by atoms with E-state index >= 15 is 0 Å². The number of amides is 1. The Kier molecular flexibility index (Phi) is 6.56. The van der Waals surface area contributed by atoms with Gasteiger partial charge in [-0.15, -0.1) is 0 Å². The number of ether oxygens (including phenoxy) is 1. The van der Waals surface area contributed by atoms with E-state index in [9.17, 15) is 4.79 Å². The molecule has 0 unspecified atom stereocenters. The third-order valence-corrected chi connectivity index (χ3v) is 2.64. The molecule has 1 rings (SSSR count). The van der Waals surface area contributed by atoms with E-state index in [2.05, 4.69) is 15.3 Å². The number of benzene rings is 1. The Morgan fingerprint density at radius 2 is 1.95 bits per heavy atom. The smallest absolute Gasteiger partial charge is 0.407 e. The van der Waals surface area contributed by atoms with Crippen LogP contribution in [0.15, 0.2) is 34.3 Å². The van der Waals surface area contributed by atoms with E-state index in [4.69, 9.17) is 10.5 Å². The fourth-order valence-electron chi connectivity index (χ4n) is 1.66. The Bertz CT molecular complexity index is 542. The van der Waals surface area contributed by atoms with Gasteiger partial charge in [0.05, 0.1) is 0 Å². The van der Waals surface area contributed by atoms with Gasteiger partial charge in [0.25, 0.3) is 0 Å². The highest BCUT2D eigenvalue weighted by atomic mass is 16.6. The first-order chi connectivity index (χ1) is 10.3. The fourth-order valence-corrected chi connectivity index (χ4v) is 1.66. The second-order valence-electron chi connectivity index (χ2n) is 5.76. The van der Waals surface area contributed by atoms with Crippen molar-refractivity contribution in [3.63, 3.8) is 0 Å². The lowest BCUT2D eigenvalue weighted by molar-refractivity contribution is 0.0528. The molecule has 0 radical (unpaired) electrons. The van der Waals surface area contributed by atoms with Crippen LogP contribution >= 0.6 is 0 Å². The molecule has 0 aromatic heterocycles. The minimum atomic E-state index is -0.482. The summed E-state index contributed by atoms with van der Waals surface area (Å²) in [7, 11) is 1.64. The van der Waals surface area contributed by atoms with Crippen molar-refractivity contribution in [3.8, 4) is 0 Å². The van der Waals surface area contributed by atoms with Crippen LogP contribution in [0.5, 0.6) is 0 Å². The van der Waals surface area contributed by atoms with E-state index < -0.39 is 11.7 Å². The largest absolute Gasteiger partial charge is 0.444 e. The molecule has 6 nitrogen and oxygen atoms in total. The van der Waals surface area contributed by atoms with Gasteiger partial charge in [-0.2, -0.15) is 0 Å².